The molecule has 14 heteroatoms. The SMILES string of the molecule is Cc1[c-]ccc(C(=O)O)c1C.Cc1[c-]ccc(C(=O)O)c1C.Cc1c(N)[c-]ccc1C(=O)O.Cc1c(S)[c-]ccc1C(=O)O.[Y].[Y].[Y].[Y]. The summed E-state index contributed by atoms with van der Waals surface area (Å²) < 4.78 is 0. The molecule has 4 aromatic carbocycles. The van der Waals surface area contributed by atoms with Crippen LogP contribution >= 0.6 is 12.6 Å². The maximum Gasteiger partial charge on any atom is 0.311 e. The molecule has 4 radical (unpaired) electrons. The molecule has 4 aromatic rings. The van der Waals surface area contributed by atoms with Gasteiger partial charge in [-0.05, 0) is 22.3 Å². The first-order chi connectivity index (χ1) is 20.5. The molecule has 0 fully saturated rings. The van der Waals surface area contributed by atoms with Crippen molar-refractivity contribution in [3.05, 3.63) is 128 Å². The zero-order valence-corrected chi connectivity index (χ0v) is 39.6. The molecule has 0 aliphatic carbocycles. The number of nitrogen functional groups attached to an aromatic ring is 1. The van der Waals surface area contributed by atoms with E-state index in [1.807, 2.05) is 13.8 Å². The van der Waals surface area contributed by atoms with Gasteiger partial charge in [0.2, 0.25) is 0 Å². The smallest absolute Gasteiger partial charge is 0.311 e. The Morgan fingerprint density at radius 1 is 0.500 bits per heavy atom. The molecule has 9 nitrogen and oxygen atoms in total. The fourth-order valence-corrected chi connectivity index (χ4v) is 3.65. The topological polar surface area (TPSA) is 175 Å². The van der Waals surface area contributed by atoms with Gasteiger partial charge in [0.25, 0.3) is 0 Å². The number of rotatable bonds is 4. The number of anilines is 1. The van der Waals surface area contributed by atoms with Crippen molar-refractivity contribution >= 4 is 42.2 Å². The Hall–Kier alpha value is -0.674. The summed E-state index contributed by atoms with van der Waals surface area (Å²) in [5.74, 6) is -3.63. The number of aryl methyl sites for hydroxylation is 2. The predicted octanol–water partition coefficient (Wildman–Crippen LogP) is 6.45. The summed E-state index contributed by atoms with van der Waals surface area (Å²) in [5.41, 5.74) is 11.7. The van der Waals surface area contributed by atoms with Gasteiger partial charge in [0.15, 0.2) is 0 Å². The molecule has 6 N–H and O–H groups in total. The number of thiol groups is 1. The Labute approximate surface area is 387 Å². The average molecular weight is 971 g/mol. The number of nitrogens with two attached hydrogens (primary N) is 1. The van der Waals surface area contributed by atoms with E-state index in [9.17, 15) is 19.2 Å². The minimum atomic E-state index is -0.955. The molecule has 244 valence electrons. The van der Waals surface area contributed by atoms with Crippen molar-refractivity contribution in [2.45, 2.75) is 46.4 Å². The third kappa shape index (κ3) is 17.5. The Balaban J connectivity index is -0.000000262. The molecule has 0 unspecified atom stereocenters. The number of carboxylic acids is 4. The van der Waals surface area contributed by atoms with Crippen molar-refractivity contribution in [3.8, 4) is 0 Å². The minimum Gasteiger partial charge on any atom is -0.479 e. The van der Waals surface area contributed by atoms with Crippen molar-refractivity contribution in [1.82, 2.24) is 0 Å². The molecule has 4 rings (SSSR count). The molecule has 0 spiro atoms. The van der Waals surface area contributed by atoms with E-state index in [4.69, 9.17) is 26.2 Å². The van der Waals surface area contributed by atoms with E-state index in [2.05, 4.69) is 36.9 Å². The van der Waals surface area contributed by atoms with Gasteiger partial charge in [-0.25, -0.2) is 19.2 Å². The first-order valence-corrected chi connectivity index (χ1v) is 13.3. The van der Waals surface area contributed by atoms with Crippen molar-refractivity contribution in [2.24, 2.45) is 0 Å². The van der Waals surface area contributed by atoms with Gasteiger partial charge in [0.05, 0.1) is 0 Å². The van der Waals surface area contributed by atoms with Gasteiger partial charge < -0.3 is 26.2 Å². The first-order valence-electron chi connectivity index (χ1n) is 12.9. The third-order valence-electron chi connectivity index (χ3n) is 6.48. The van der Waals surface area contributed by atoms with E-state index in [1.165, 1.54) is 18.2 Å². The zero-order valence-electron chi connectivity index (χ0n) is 27.4. The zero-order chi connectivity index (χ0) is 33.7. The van der Waals surface area contributed by atoms with Crippen molar-refractivity contribution < 1.29 is 170 Å². The van der Waals surface area contributed by atoms with E-state index in [0.717, 1.165) is 22.3 Å². The molecule has 0 saturated heterocycles. The van der Waals surface area contributed by atoms with Gasteiger partial charge in [-0.3, -0.25) is 0 Å². The second kappa shape index (κ2) is 27.0. The fraction of sp³-hybridized carbons (Fsp3) is 0.176. The summed E-state index contributed by atoms with van der Waals surface area (Å²) in [5, 5.41) is 34.6. The summed E-state index contributed by atoms with van der Waals surface area (Å²) in [6.45, 7) is 10.6. The average Bonchev–Trinajstić information content (AvgIpc) is 2.95. The van der Waals surface area contributed by atoms with Crippen molar-refractivity contribution in [1.29, 1.82) is 0 Å². The van der Waals surface area contributed by atoms with E-state index in [0.29, 0.717) is 32.8 Å². The van der Waals surface area contributed by atoms with Crippen LogP contribution in [-0.2, 0) is 131 Å². The first kappa shape index (κ1) is 54.1. The van der Waals surface area contributed by atoms with Crippen LogP contribution in [0.2, 0.25) is 0 Å². The number of carboxylic acid groups (broad SMARTS) is 4. The predicted molar refractivity (Wildman–Crippen MR) is 169 cm³/mol. The summed E-state index contributed by atoms with van der Waals surface area (Å²) in [6, 6.07) is 23.8. The molecule has 0 heterocycles. The van der Waals surface area contributed by atoms with Gasteiger partial charge in [0, 0.05) is 131 Å². The molecule has 0 aliphatic rings. The number of aromatic carboxylic acids is 4. The Morgan fingerprint density at radius 2 is 0.771 bits per heavy atom. The van der Waals surface area contributed by atoms with Crippen LogP contribution in [0.4, 0.5) is 5.69 Å². The van der Waals surface area contributed by atoms with Crippen LogP contribution in [0.3, 0.4) is 0 Å². The summed E-state index contributed by atoms with van der Waals surface area (Å²) >= 11 is 4.04. The van der Waals surface area contributed by atoms with Gasteiger partial charge in [-0.15, -0.1) is 27.1 Å². The Morgan fingerprint density at radius 3 is 1.04 bits per heavy atom. The van der Waals surface area contributed by atoms with Crippen LogP contribution < -0.4 is 5.73 Å². The van der Waals surface area contributed by atoms with Crippen molar-refractivity contribution in [3.63, 3.8) is 0 Å². The Kier molecular flexibility index (Phi) is 30.5. The molecule has 0 atom stereocenters. The number of benzene rings is 4. The summed E-state index contributed by atoms with van der Waals surface area (Å²) in [6.07, 6.45) is 0. The van der Waals surface area contributed by atoms with E-state index >= 15 is 0 Å². The molecule has 48 heavy (non-hydrogen) atoms. The third-order valence-corrected chi connectivity index (χ3v) is 6.94. The fourth-order valence-electron chi connectivity index (χ4n) is 3.46. The molecular formula is C34H33NO8SY4-4. The number of hydrogen-bond acceptors (Lipinski definition) is 6. The van der Waals surface area contributed by atoms with E-state index in [-0.39, 0.29) is 142 Å². The molecule has 0 saturated carbocycles. The van der Waals surface area contributed by atoms with Crippen LogP contribution in [0.1, 0.15) is 74.8 Å². The maximum atomic E-state index is 10.6. The van der Waals surface area contributed by atoms with Gasteiger partial charge in [-0.1, -0.05) is 47.2 Å². The van der Waals surface area contributed by atoms with Gasteiger partial charge in [0.1, 0.15) is 0 Å². The van der Waals surface area contributed by atoms with E-state index in [1.54, 1.807) is 58.0 Å². The van der Waals surface area contributed by atoms with Gasteiger partial charge >= 0.3 is 23.9 Å². The van der Waals surface area contributed by atoms with Crippen molar-refractivity contribution in [2.75, 3.05) is 5.73 Å². The van der Waals surface area contributed by atoms with Crippen LogP contribution in [0, 0.1) is 65.8 Å². The maximum absolute atomic E-state index is 10.6. The summed E-state index contributed by atoms with van der Waals surface area (Å²) in [7, 11) is 0. The van der Waals surface area contributed by atoms with Crippen LogP contribution in [0.5, 0.6) is 0 Å². The largest absolute Gasteiger partial charge is 0.479 e. The second-order valence-corrected chi connectivity index (χ2v) is 9.75. The number of hydrogen-bond donors (Lipinski definition) is 6. The Bertz CT molecular complexity index is 1440. The van der Waals surface area contributed by atoms with Crippen LogP contribution in [-0.4, -0.2) is 44.3 Å². The van der Waals surface area contributed by atoms with E-state index < -0.39 is 23.9 Å². The molecular weight excluding hydrogens is 938 g/mol. The summed E-state index contributed by atoms with van der Waals surface area (Å²) in [4.78, 5) is 42.7. The molecule has 0 aromatic heterocycles. The standard InChI is InChI=1S/2C9H9O2.C8H8NO2.C8H7O2S.4Y/c2*1-6-4-3-5-8(7(6)2)9(10)11;1-5-6(8(10)11)3-2-4-7(5)9;1-5-6(8(9)10)3-2-4-7(5)11;;;;/h2*3,5H,1-2H3,(H,10,11);2-3H,9H2,1H3,(H,10,11);2-3,11H,1H3,(H,9,10);;;;/q4*-1;;;;. The molecule has 0 aliphatic heterocycles. The monoisotopic (exact) mass is 971 g/mol. The molecule has 0 bridgehead atoms. The van der Waals surface area contributed by atoms with Gasteiger partial charge in [-0.2, -0.15) is 96.6 Å². The minimum absolute atomic E-state index is 0. The molecule has 0 amide bonds. The number of carbonyl (C=O) groups is 4. The quantitative estimate of drug-likeness (QED) is 0.0763. The second-order valence-electron chi connectivity index (χ2n) is 9.30. The normalized spacial score (nSPS) is 8.81. The van der Waals surface area contributed by atoms with Crippen LogP contribution in [0.25, 0.3) is 0 Å². The van der Waals surface area contributed by atoms with Crippen LogP contribution in [0.15, 0.2) is 53.4 Å².